The van der Waals surface area contributed by atoms with Crippen LogP contribution in [0.1, 0.15) is 28.1 Å². The number of rotatable bonds is 11. The van der Waals surface area contributed by atoms with Gasteiger partial charge in [-0.15, -0.1) is 0 Å². The number of hydrogen-bond acceptors (Lipinski definition) is 7. The Kier molecular flexibility index (Phi) is 8.75. The first kappa shape index (κ1) is 26.7. The molecule has 0 unspecified atom stereocenters. The SMILES string of the molecule is O=C(CN(CCCN1CCOCC1)C(=O)c1ccc2c(c1)OCO2)N(Cc1ccc(F)cc1)Cc1ccco1. The van der Waals surface area contributed by atoms with Crippen molar-refractivity contribution >= 4 is 11.8 Å². The van der Waals surface area contributed by atoms with Gasteiger partial charge in [0.15, 0.2) is 11.5 Å². The Balaban J connectivity index is 1.32. The fraction of sp³-hybridized carbons (Fsp3) is 0.379. The van der Waals surface area contributed by atoms with Gasteiger partial charge in [-0.25, -0.2) is 4.39 Å². The third kappa shape index (κ3) is 7.15. The number of ether oxygens (including phenoxy) is 3. The van der Waals surface area contributed by atoms with E-state index in [1.54, 1.807) is 58.5 Å². The molecule has 5 rings (SSSR count). The number of nitrogens with zero attached hydrogens (tertiary/aromatic N) is 3. The number of furan rings is 1. The van der Waals surface area contributed by atoms with Gasteiger partial charge in [0.25, 0.3) is 5.91 Å². The lowest BCUT2D eigenvalue weighted by atomic mass is 10.1. The zero-order valence-electron chi connectivity index (χ0n) is 21.7. The second-order valence-electron chi connectivity index (χ2n) is 9.56. The summed E-state index contributed by atoms with van der Waals surface area (Å²) in [5, 5.41) is 0. The molecule has 1 aromatic heterocycles. The van der Waals surface area contributed by atoms with Gasteiger partial charge in [-0.05, 0) is 54.4 Å². The number of carbonyl (C=O) groups excluding carboxylic acids is 2. The van der Waals surface area contributed by atoms with E-state index in [4.69, 9.17) is 18.6 Å². The Morgan fingerprint density at radius 1 is 0.923 bits per heavy atom. The minimum atomic E-state index is -0.344. The molecule has 0 aliphatic carbocycles. The highest BCUT2D eigenvalue weighted by Gasteiger charge is 2.25. The predicted octanol–water partition coefficient (Wildman–Crippen LogP) is 3.54. The van der Waals surface area contributed by atoms with Crippen molar-refractivity contribution in [2.24, 2.45) is 0 Å². The van der Waals surface area contributed by atoms with Crippen molar-refractivity contribution in [2.75, 3.05) is 52.7 Å². The fourth-order valence-corrected chi connectivity index (χ4v) is 4.67. The lowest BCUT2D eigenvalue weighted by Gasteiger charge is -2.30. The molecule has 1 saturated heterocycles. The van der Waals surface area contributed by atoms with E-state index in [1.807, 2.05) is 0 Å². The van der Waals surface area contributed by atoms with Crippen molar-refractivity contribution in [1.82, 2.24) is 14.7 Å². The molecule has 206 valence electrons. The van der Waals surface area contributed by atoms with E-state index in [2.05, 4.69) is 4.90 Å². The topological polar surface area (TPSA) is 84.7 Å². The standard InChI is InChI=1S/C29H32FN3O6/c30-24-7-4-22(5-8-24)18-33(19-25-3-1-14-37-25)28(34)20-32(11-2-10-31-12-15-36-16-13-31)29(35)23-6-9-26-27(17-23)39-21-38-26/h1,3-9,14,17H,2,10-13,15-16,18-21H2. The Morgan fingerprint density at radius 2 is 1.72 bits per heavy atom. The molecule has 2 aliphatic heterocycles. The van der Waals surface area contributed by atoms with Gasteiger partial charge >= 0.3 is 0 Å². The highest BCUT2D eigenvalue weighted by molar-refractivity contribution is 5.97. The summed E-state index contributed by atoms with van der Waals surface area (Å²) in [5.74, 6) is 0.871. The molecule has 9 nitrogen and oxygen atoms in total. The third-order valence-electron chi connectivity index (χ3n) is 6.81. The van der Waals surface area contributed by atoms with E-state index in [0.717, 1.165) is 25.2 Å². The molecule has 2 amide bonds. The number of fused-ring (bicyclic) bond motifs is 1. The van der Waals surface area contributed by atoms with Crippen LogP contribution in [0.4, 0.5) is 4.39 Å². The number of benzene rings is 2. The van der Waals surface area contributed by atoms with Gasteiger partial charge in [0, 0.05) is 38.3 Å². The van der Waals surface area contributed by atoms with Crippen LogP contribution in [0.15, 0.2) is 65.3 Å². The fourth-order valence-electron chi connectivity index (χ4n) is 4.67. The highest BCUT2D eigenvalue weighted by Crippen LogP contribution is 2.33. The van der Waals surface area contributed by atoms with Crippen LogP contribution in [0, 0.1) is 5.82 Å². The van der Waals surface area contributed by atoms with Gasteiger partial charge in [0.2, 0.25) is 12.7 Å². The molecule has 0 saturated carbocycles. The lowest BCUT2D eigenvalue weighted by molar-refractivity contribution is -0.133. The molecule has 0 bridgehead atoms. The average Bonchev–Trinajstić information content (AvgIpc) is 3.65. The first-order chi connectivity index (χ1) is 19.0. The van der Waals surface area contributed by atoms with Gasteiger partial charge in [0.1, 0.15) is 18.1 Å². The van der Waals surface area contributed by atoms with Crippen molar-refractivity contribution in [1.29, 1.82) is 0 Å². The molecule has 0 N–H and O–H groups in total. The van der Waals surface area contributed by atoms with Crippen LogP contribution >= 0.6 is 0 Å². The summed E-state index contributed by atoms with van der Waals surface area (Å²) in [5.41, 5.74) is 1.20. The minimum absolute atomic E-state index is 0.111. The van der Waals surface area contributed by atoms with Gasteiger partial charge in [0.05, 0.1) is 26.0 Å². The summed E-state index contributed by atoms with van der Waals surface area (Å²) in [6.07, 6.45) is 2.26. The van der Waals surface area contributed by atoms with Crippen molar-refractivity contribution in [3.05, 3.63) is 83.6 Å². The average molecular weight is 538 g/mol. The summed E-state index contributed by atoms with van der Waals surface area (Å²) >= 11 is 0. The largest absolute Gasteiger partial charge is 0.467 e. The lowest BCUT2D eigenvalue weighted by Crippen LogP contribution is -2.44. The number of carbonyl (C=O) groups is 2. The van der Waals surface area contributed by atoms with Crippen LogP contribution in [0.2, 0.25) is 0 Å². The molecule has 39 heavy (non-hydrogen) atoms. The van der Waals surface area contributed by atoms with E-state index < -0.39 is 0 Å². The van der Waals surface area contributed by atoms with Crippen LogP contribution in [-0.4, -0.2) is 79.2 Å². The summed E-state index contributed by atoms with van der Waals surface area (Å²) in [6.45, 7) is 4.77. The highest BCUT2D eigenvalue weighted by atomic mass is 19.1. The predicted molar refractivity (Wildman–Crippen MR) is 140 cm³/mol. The van der Waals surface area contributed by atoms with E-state index >= 15 is 0 Å². The van der Waals surface area contributed by atoms with Crippen LogP contribution in [0.5, 0.6) is 11.5 Å². The third-order valence-corrected chi connectivity index (χ3v) is 6.81. The molecule has 0 spiro atoms. The van der Waals surface area contributed by atoms with E-state index in [-0.39, 0.29) is 44.1 Å². The minimum Gasteiger partial charge on any atom is -0.467 e. The maximum Gasteiger partial charge on any atom is 0.254 e. The Bertz CT molecular complexity index is 1240. The Morgan fingerprint density at radius 3 is 2.49 bits per heavy atom. The number of halogens is 1. The molecular weight excluding hydrogens is 505 g/mol. The molecule has 2 aromatic carbocycles. The normalized spacial score (nSPS) is 14.8. The van der Waals surface area contributed by atoms with Gasteiger partial charge < -0.3 is 28.4 Å². The molecule has 0 radical (unpaired) electrons. The second-order valence-corrected chi connectivity index (χ2v) is 9.56. The van der Waals surface area contributed by atoms with Crippen LogP contribution in [0.25, 0.3) is 0 Å². The van der Waals surface area contributed by atoms with E-state index in [0.29, 0.717) is 49.0 Å². The number of hydrogen-bond donors (Lipinski definition) is 0. The van der Waals surface area contributed by atoms with Gasteiger partial charge in [-0.2, -0.15) is 0 Å². The summed E-state index contributed by atoms with van der Waals surface area (Å²) in [6, 6.07) is 14.6. The molecule has 3 aromatic rings. The number of amides is 2. The first-order valence-corrected chi connectivity index (χ1v) is 13.1. The van der Waals surface area contributed by atoms with E-state index in [1.165, 1.54) is 12.1 Å². The Hall–Kier alpha value is -3.89. The van der Waals surface area contributed by atoms with Crippen molar-refractivity contribution in [3.8, 4) is 11.5 Å². The smallest absolute Gasteiger partial charge is 0.254 e. The quantitative estimate of drug-likeness (QED) is 0.370. The van der Waals surface area contributed by atoms with E-state index in [9.17, 15) is 14.0 Å². The number of morpholine rings is 1. The monoisotopic (exact) mass is 537 g/mol. The maximum atomic E-state index is 13.7. The Labute approximate surface area is 226 Å². The molecule has 1 fully saturated rings. The zero-order valence-corrected chi connectivity index (χ0v) is 21.7. The zero-order chi connectivity index (χ0) is 27.0. The van der Waals surface area contributed by atoms with Crippen LogP contribution in [0.3, 0.4) is 0 Å². The summed E-state index contributed by atoms with van der Waals surface area (Å²) < 4.78 is 35.2. The molecule has 0 atom stereocenters. The maximum absolute atomic E-state index is 13.7. The molecule has 2 aliphatic rings. The molecule has 3 heterocycles. The van der Waals surface area contributed by atoms with Crippen LogP contribution in [-0.2, 0) is 22.6 Å². The second kappa shape index (κ2) is 12.8. The summed E-state index contributed by atoms with van der Waals surface area (Å²) in [7, 11) is 0. The summed E-state index contributed by atoms with van der Waals surface area (Å²) in [4.78, 5) is 32.8. The van der Waals surface area contributed by atoms with Crippen molar-refractivity contribution in [2.45, 2.75) is 19.5 Å². The van der Waals surface area contributed by atoms with Crippen molar-refractivity contribution < 1.29 is 32.6 Å². The molecular formula is C29H32FN3O6. The van der Waals surface area contributed by atoms with Crippen molar-refractivity contribution in [3.63, 3.8) is 0 Å². The first-order valence-electron chi connectivity index (χ1n) is 13.1. The molecule has 10 heteroatoms. The van der Waals surface area contributed by atoms with Crippen LogP contribution < -0.4 is 9.47 Å². The van der Waals surface area contributed by atoms with Gasteiger partial charge in [-0.1, -0.05) is 12.1 Å². The van der Waals surface area contributed by atoms with Gasteiger partial charge in [-0.3, -0.25) is 14.5 Å².